The first-order chi connectivity index (χ1) is 17.0. The minimum Gasteiger partial charge on any atom is -0.507 e. The molecule has 212 valence electrons. The first-order valence-corrected chi connectivity index (χ1v) is 14.1. The van der Waals surface area contributed by atoms with E-state index in [0.717, 1.165) is 33.4 Å². The second-order valence-corrected chi connectivity index (χ2v) is 15.2. The zero-order valence-electron chi connectivity index (χ0n) is 25.8. The lowest BCUT2D eigenvalue weighted by molar-refractivity contribution is -0.142. The zero-order valence-corrected chi connectivity index (χ0v) is 26.7. The van der Waals surface area contributed by atoms with Crippen molar-refractivity contribution in [2.45, 2.75) is 123 Å². The van der Waals surface area contributed by atoms with Gasteiger partial charge in [0.1, 0.15) is 16.7 Å². The van der Waals surface area contributed by atoms with E-state index in [0.29, 0.717) is 0 Å². The molecule has 0 spiro atoms. The minimum absolute atomic E-state index is 0.259. The number of ether oxygens (including phenoxy) is 1. The third kappa shape index (κ3) is 6.89. The van der Waals surface area contributed by atoms with Crippen LogP contribution in [0.2, 0.25) is 0 Å². The summed E-state index contributed by atoms with van der Waals surface area (Å²) in [6.45, 7) is 27.0. The highest BCUT2D eigenvalue weighted by molar-refractivity contribution is 7.81. The molecule has 2 aromatic carbocycles. The summed E-state index contributed by atoms with van der Waals surface area (Å²) in [5, 5.41) is 21.9. The molecule has 38 heavy (non-hydrogen) atoms. The Kier molecular flexibility index (Phi) is 9.11. The van der Waals surface area contributed by atoms with Crippen molar-refractivity contribution in [2.75, 3.05) is 6.61 Å². The number of thiol groups is 1. The van der Waals surface area contributed by atoms with Gasteiger partial charge in [-0.3, -0.25) is 4.79 Å². The molecule has 2 rings (SSSR count). The Labute approximate surface area is 236 Å². The second kappa shape index (κ2) is 10.8. The van der Waals surface area contributed by atoms with E-state index >= 15 is 0 Å². The van der Waals surface area contributed by atoms with Crippen LogP contribution in [-0.2, 0) is 31.2 Å². The molecule has 2 N–H and O–H groups in total. The molecule has 0 aliphatic rings. The van der Waals surface area contributed by atoms with E-state index in [1.54, 1.807) is 6.92 Å². The molecule has 0 bridgehead atoms. The van der Waals surface area contributed by atoms with Gasteiger partial charge in [-0.1, -0.05) is 107 Å². The predicted octanol–water partition coefficient (Wildman–Crippen LogP) is 8.28. The highest BCUT2D eigenvalue weighted by atomic mass is 32.1. The van der Waals surface area contributed by atoms with E-state index in [9.17, 15) is 15.0 Å². The summed E-state index contributed by atoms with van der Waals surface area (Å²) in [7, 11) is 0. The van der Waals surface area contributed by atoms with E-state index in [-0.39, 0.29) is 39.8 Å². The van der Waals surface area contributed by atoms with Crippen molar-refractivity contribution in [1.82, 2.24) is 0 Å². The maximum atomic E-state index is 13.2. The maximum absolute atomic E-state index is 13.2. The molecule has 5 heteroatoms. The van der Waals surface area contributed by atoms with Crippen LogP contribution in [0, 0.1) is 0 Å². The molecule has 0 saturated heterocycles. The normalized spacial score (nSPS) is 14.1. The largest absolute Gasteiger partial charge is 0.507 e. The molecule has 0 saturated carbocycles. The summed E-state index contributed by atoms with van der Waals surface area (Å²) < 4.78 is 5.45. The van der Waals surface area contributed by atoms with E-state index in [4.69, 9.17) is 17.4 Å². The van der Waals surface area contributed by atoms with Crippen molar-refractivity contribution in [1.29, 1.82) is 0 Å². The summed E-state index contributed by atoms with van der Waals surface area (Å²) in [4.78, 5) is 13.2. The maximum Gasteiger partial charge on any atom is 0.319 e. The smallest absolute Gasteiger partial charge is 0.319 e. The number of phenols is 2. The molecule has 4 nitrogen and oxygen atoms in total. The van der Waals surface area contributed by atoms with Gasteiger partial charge in [-0.2, -0.15) is 12.6 Å². The highest BCUT2D eigenvalue weighted by Gasteiger charge is 2.36. The number of benzene rings is 2. The van der Waals surface area contributed by atoms with Crippen LogP contribution in [0.15, 0.2) is 24.3 Å². The molecule has 0 aromatic heterocycles. The Bertz CT molecular complexity index is 1020. The van der Waals surface area contributed by atoms with Crippen molar-refractivity contribution in [3.05, 3.63) is 57.6 Å². The van der Waals surface area contributed by atoms with Gasteiger partial charge in [-0.15, -0.1) is 0 Å². The molecule has 1 unspecified atom stereocenters. The van der Waals surface area contributed by atoms with Crippen molar-refractivity contribution < 1.29 is 19.7 Å². The Morgan fingerprint density at radius 3 is 1.16 bits per heavy atom. The SMILES string of the molecule is CCOC(=O)C(S)C(c1cc(C(C)(C)C)c(O)c(C(C)(C)C)c1)c1cc(C(C)(C)C)c(O)c(C(C)(C)C)c1. The van der Waals surface area contributed by atoms with Crippen LogP contribution >= 0.6 is 12.6 Å². The fourth-order valence-corrected chi connectivity index (χ4v) is 5.30. The van der Waals surface area contributed by atoms with Crippen molar-refractivity contribution in [3.8, 4) is 11.5 Å². The van der Waals surface area contributed by atoms with Crippen LogP contribution in [-0.4, -0.2) is 28.0 Å². The highest BCUT2D eigenvalue weighted by Crippen LogP contribution is 2.46. The summed E-state index contributed by atoms with van der Waals surface area (Å²) in [5.41, 5.74) is 3.73. The number of hydrogen-bond acceptors (Lipinski definition) is 5. The Hall–Kier alpha value is -2.14. The topological polar surface area (TPSA) is 66.8 Å². The quantitative estimate of drug-likeness (QED) is 0.263. The second-order valence-electron chi connectivity index (χ2n) is 14.6. The molecular weight excluding hydrogens is 492 g/mol. The van der Waals surface area contributed by atoms with Gasteiger partial charge in [-0.25, -0.2) is 0 Å². The third-order valence-corrected chi connectivity index (χ3v) is 7.57. The lowest BCUT2D eigenvalue weighted by Crippen LogP contribution is -2.28. The van der Waals surface area contributed by atoms with Crippen molar-refractivity contribution >= 4 is 18.6 Å². The zero-order chi connectivity index (χ0) is 29.6. The number of esters is 1. The average molecular weight is 543 g/mol. The lowest BCUT2D eigenvalue weighted by atomic mass is 9.73. The van der Waals surface area contributed by atoms with Crippen LogP contribution in [0.4, 0.5) is 0 Å². The lowest BCUT2D eigenvalue weighted by Gasteiger charge is -2.33. The Morgan fingerprint density at radius 1 is 0.684 bits per heavy atom. The predicted molar refractivity (Wildman–Crippen MR) is 162 cm³/mol. The van der Waals surface area contributed by atoms with Gasteiger partial charge in [0.25, 0.3) is 0 Å². The first kappa shape index (κ1) is 32.1. The summed E-state index contributed by atoms with van der Waals surface area (Å²) in [6.07, 6.45) is 0. The Balaban J connectivity index is 3.09. The molecule has 0 radical (unpaired) electrons. The van der Waals surface area contributed by atoms with Crippen molar-refractivity contribution in [3.63, 3.8) is 0 Å². The van der Waals surface area contributed by atoms with Crippen LogP contribution < -0.4 is 0 Å². The number of aromatic hydroxyl groups is 2. The number of phenolic OH excluding ortho intramolecular Hbond substituents is 2. The number of carbonyl (C=O) groups is 1. The molecule has 0 fully saturated rings. The monoisotopic (exact) mass is 542 g/mol. The summed E-state index contributed by atoms with van der Waals surface area (Å²) >= 11 is 4.86. The van der Waals surface area contributed by atoms with E-state index < -0.39 is 17.1 Å². The van der Waals surface area contributed by atoms with Gasteiger partial charge in [-0.05, 0) is 62.0 Å². The Morgan fingerprint density at radius 2 is 0.947 bits per heavy atom. The minimum atomic E-state index is -0.787. The number of rotatable bonds is 5. The van der Waals surface area contributed by atoms with Gasteiger partial charge in [0.05, 0.1) is 6.61 Å². The van der Waals surface area contributed by atoms with Gasteiger partial charge < -0.3 is 14.9 Å². The van der Waals surface area contributed by atoms with Gasteiger partial charge in [0, 0.05) is 5.92 Å². The third-order valence-electron chi connectivity index (χ3n) is 7.06. The fraction of sp³-hybridized carbons (Fsp3) is 0.606. The summed E-state index contributed by atoms with van der Waals surface area (Å²) in [5.74, 6) is -0.291. The van der Waals surface area contributed by atoms with E-state index in [1.807, 2.05) is 24.3 Å². The van der Waals surface area contributed by atoms with Crippen molar-refractivity contribution in [2.24, 2.45) is 0 Å². The molecule has 0 heterocycles. The van der Waals surface area contributed by atoms with Gasteiger partial charge in [0.15, 0.2) is 0 Å². The van der Waals surface area contributed by atoms with Crippen LogP contribution in [0.1, 0.15) is 129 Å². The van der Waals surface area contributed by atoms with Crippen LogP contribution in [0.3, 0.4) is 0 Å². The number of carbonyl (C=O) groups excluding carboxylic acids is 1. The summed E-state index contributed by atoms with van der Waals surface area (Å²) in [6, 6.07) is 8.05. The van der Waals surface area contributed by atoms with Crippen LogP contribution in [0.25, 0.3) is 0 Å². The molecule has 0 aliphatic carbocycles. The fourth-order valence-electron chi connectivity index (χ4n) is 4.88. The molecule has 0 aliphatic heterocycles. The average Bonchev–Trinajstić information content (AvgIpc) is 2.72. The molecule has 1 atom stereocenters. The molecule has 2 aromatic rings. The van der Waals surface area contributed by atoms with E-state index in [1.165, 1.54) is 0 Å². The van der Waals surface area contributed by atoms with Gasteiger partial charge in [0.2, 0.25) is 0 Å². The molecule has 0 amide bonds. The van der Waals surface area contributed by atoms with E-state index in [2.05, 4.69) is 83.1 Å². The van der Waals surface area contributed by atoms with Gasteiger partial charge >= 0.3 is 5.97 Å². The standard InChI is InChI=1S/C33H50O4S/c1-14-37-29(36)28(38)25(19-15-21(30(2,3)4)26(34)22(16-19)31(5,6)7)20-17-23(32(8,9)10)27(35)24(18-20)33(11,12)13/h15-18,25,28,34-35,38H,14H2,1-13H3. The molecular formula is C33H50O4S. The number of hydrogen-bond donors (Lipinski definition) is 3. The van der Waals surface area contributed by atoms with Crippen LogP contribution in [0.5, 0.6) is 11.5 Å². The first-order valence-electron chi connectivity index (χ1n) is 13.6.